The largest absolute Gasteiger partial charge is 0.152 e. The summed E-state index contributed by atoms with van der Waals surface area (Å²) >= 11 is 0. The molecule has 0 N–H and O–H groups in total. The van der Waals surface area contributed by atoms with Crippen molar-refractivity contribution in [3.8, 4) is 0 Å². The standard InChI is InChI=1S/H2P2Si2/c1-3-4-2/h1-2H. The Hall–Kier alpha value is 1.03. The van der Waals surface area contributed by atoms with Crippen LogP contribution in [0.25, 0.3) is 0 Å². The highest BCUT2D eigenvalue weighted by Crippen LogP contribution is 1.46. The van der Waals surface area contributed by atoms with E-state index in [0.717, 1.165) is 16.6 Å². The highest BCUT2D eigenvalue weighted by atomic mass is 31.2. The zero-order valence-corrected chi connectivity index (χ0v) is 6.00. The van der Waals surface area contributed by atoms with Crippen LogP contribution in [0, 0.1) is 0 Å². The van der Waals surface area contributed by atoms with Crippen LogP contribution in [0.4, 0.5) is 0 Å². The molecule has 0 saturated heterocycles. The molecule has 4 heavy (non-hydrogen) atoms. The van der Waals surface area contributed by atoms with Crippen LogP contribution in [-0.2, 0) is 0 Å². The second-order valence-electron chi connectivity index (χ2n) is 0.250. The molecule has 0 nitrogen and oxygen atoms in total. The molecule has 0 aliphatic heterocycles. The minimum atomic E-state index is 0.887. The average Bonchev–Trinajstić information content (AvgIpc) is 1.37. The Morgan fingerprint density at radius 3 is 1.25 bits per heavy atom. The maximum atomic E-state index is 3.28. The molecule has 0 spiro atoms. The van der Waals surface area contributed by atoms with E-state index in [1.54, 1.807) is 0 Å². The van der Waals surface area contributed by atoms with Gasteiger partial charge < -0.3 is 0 Å². The van der Waals surface area contributed by atoms with Crippen LogP contribution in [0.15, 0.2) is 0 Å². The molecular formula is H2P2Si2. The fraction of sp³-hybridized carbons (Fsp3) is 0. The summed E-state index contributed by atoms with van der Waals surface area (Å²) in [5, 5.41) is 0. The number of rotatable bonds is 1. The Morgan fingerprint density at radius 2 is 1.25 bits per heavy atom. The first-order valence-corrected chi connectivity index (χ1v) is 6.75. The number of hydrogen-bond donors (Lipinski definition) is 0. The van der Waals surface area contributed by atoms with Gasteiger partial charge in [-0.15, -0.1) is 0 Å². The van der Waals surface area contributed by atoms with Crippen molar-refractivity contribution >= 4 is 33.3 Å². The molecule has 0 amide bonds. The van der Waals surface area contributed by atoms with E-state index in [0.29, 0.717) is 0 Å². The van der Waals surface area contributed by atoms with Crippen LogP contribution in [0.1, 0.15) is 0 Å². The fourth-order valence-electron chi connectivity index (χ4n) is 0. The van der Waals surface area contributed by atoms with Gasteiger partial charge in [0.2, 0.25) is 0 Å². The van der Waals surface area contributed by atoms with E-state index in [1.165, 1.54) is 0 Å². The highest BCUT2D eigenvalue weighted by molar-refractivity contribution is 7.55. The van der Waals surface area contributed by atoms with Gasteiger partial charge in [-0.2, -0.15) is 16.8 Å². The predicted octanol–water partition coefficient (Wildman–Crippen LogP) is 0.425. The van der Waals surface area contributed by atoms with Crippen LogP contribution in [0.3, 0.4) is 0 Å². The summed E-state index contributed by atoms with van der Waals surface area (Å²) in [6.07, 6.45) is 0. The third-order valence-electron chi connectivity index (χ3n) is 0.0625. The van der Waals surface area contributed by atoms with Crippen molar-refractivity contribution in [2.24, 2.45) is 0 Å². The Morgan fingerprint density at radius 1 is 1.00 bits per heavy atom. The summed E-state index contributed by atoms with van der Waals surface area (Å²) in [5.74, 6) is 0. The third-order valence-corrected chi connectivity index (χ3v) is 5.06. The predicted molar refractivity (Wildman–Crippen MR) is 28.1 cm³/mol. The van der Waals surface area contributed by atoms with E-state index in [9.17, 15) is 0 Å². The molecular weight excluding hydrogens is 118 g/mol. The van der Waals surface area contributed by atoms with Gasteiger partial charge in [-0.05, 0) is 0 Å². The van der Waals surface area contributed by atoms with Crippen molar-refractivity contribution in [2.75, 3.05) is 0 Å². The summed E-state index contributed by atoms with van der Waals surface area (Å²) in [7, 11) is 8.33. The maximum absolute atomic E-state index is 3.28. The Bertz CT molecular complexity index is 25.0. The first-order chi connectivity index (χ1) is 1.91. The minimum absolute atomic E-state index is 0.887. The SMILES string of the molecule is P=[Si][Si]=P. The van der Waals surface area contributed by atoms with Gasteiger partial charge in [-0.3, -0.25) is 0 Å². The second-order valence-corrected chi connectivity index (χ2v) is 6.75. The molecule has 0 saturated carbocycles. The van der Waals surface area contributed by atoms with Crippen LogP contribution in [0.5, 0.6) is 0 Å². The summed E-state index contributed by atoms with van der Waals surface area (Å²) < 4.78 is 0. The molecule has 0 bridgehead atoms. The van der Waals surface area contributed by atoms with Crippen LogP contribution in [-0.4, -0.2) is 16.6 Å². The van der Waals surface area contributed by atoms with Gasteiger partial charge in [0.15, 0.2) is 0 Å². The Labute approximate surface area is 34.0 Å². The Balaban J connectivity index is 2.73. The van der Waals surface area contributed by atoms with E-state index in [1.807, 2.05) is 0 Å². The molecule has 0 fully saturated rings. The van der Waals surface area contributed by atoms with Gasteiger partial charge in [0.25, 0.3) is 0 Å². The molecule has 20 valence electrons. The van der Waals surface area contributed by atoms with Crippen molar-refractivity contribution in [1.82, 2.24) is 0 Å². The third kappa shape index (κ3) is 3.03. The van der Waals surface area contributed by atoms with Crippen LogP contribution in [0.2, 0.25) is 0 Å². The highest BCUT2D eigenvalue weighted by Gasteiger charge is 1.39. The molecule has 0 atom stereocenters. The molecule has 0 aromatic heterocycles. The molecule has 0 aromatic carbocycles. The topological polar surface area (TPSA) is 0 Å². The van der Waals surface area contributed by atoms with Crippen molar-refractivity contribution in [3.63, 3.8) is 0 Å². The zero-order valence-electron chi connectivity index (χ0n) is 2.00. The van der Waals surface area contributed by atoms with Crippen molar-refractivity contribution < 1.29 is 0 Å². The lowest BCUT2D eigenvalue weighted by Gasteiger charge is -1.35. The van der Waals surface area contributed by atoms with Crippen LogP contribution >= 0.6 is 16.8 Å². The molecule has 0 rings (SSSR count). The van der Waals surface area contributed by atoms with Gasteiger partial charge in [0.05, 0.1) is 16.6 Å². The maximum Gasteiger partial charge on any atom is 0.0658 e. The first kappa shape index (κ1) is 5.03. The van der Waals surface area contributed by atoms with Crippen molar-refractivity contribution in [1.29, 1.82) is 0 Å². The summed E-state index contributed by atoms with van der Waals surface area (Å²) in [6.45, 7) is 0. The molecule has 0 heterocycles. The summed E-state index contributed by atoms with van der Waals surface area (Å²) in [4.78, 5) is 0. The molecule has 0 aliphatic carbocycles. The monoisotopic (exact) mass is 120 g/mol. The average molecular weight is 120 g/mol. The zero-order chi connectivity index (χ0) is 3.41. The molecule has 4 heteroatoms. The van der Waals surface area contributed by atoms with Crippen molar-refractivity contribution in [2.45, 2.75) is 0 Å². The lowest BCUT2D eigenvalue weighted by Crippen LogP contribution is -1.58. The first-order valence-electron chi connectivity index (χ1n) is 0.750. The minimum Gasteiger partial charge on any atom is -0.152 e. The molecule has 0 aliphatic rings. The van der Waals surface area contributed by atoms with E-state index in [2.05, 4.69) is 16.8 Å². The van der Waals surface area contributed by atoms with Gasteiger partial charge >= 0.3 is 0 Å². The Kier molecular flexibility index (Phi) is 5.08. The lowest BCUT2D eigenvalue weighted by molar-refractivity contribution is 4.54. The smallest absolute Gasteiger partial charge is 0.0658 e. The van der Waals surface area contributed by atoms with E-state index in [4.69, 9.17) is 0 Å². The lowest BCUT2D eigenvalue weighted by atomic mass is 27.0. The summed E-state index contributed by atoms with van der Waals surface area (Å²) in [5.41, 5.74) is 0. The van der Waals surface area contributed by atoms with Gasteiger partial charge in [0, 0.05) is 0 Å². The number of hydrogen-bond acceptors (Lipinski definition) is 0. The molecule has 2 radical (unpaired) electrons. The van der Waals surface area contributed by atoms with E-state index < -0.39 is 0 Å². The van der Waals surface area contributed by atoms with Crippen molar-refractivity contribution in [3.05, 3.63) is 0 Å². The second kappa shape index (κ2) is 4.03. The molecule has 0 aromatic rings. The summed E-state index contributed by atoms with van der Waals surface area (Å²) in [6, 6.07) is 0. The van der Waals surface area contributed by atoms with E-state index in [-0.39, 0.29) is 0 Å². The van der Waals surface area contributed by atoms with Gasteiger partial charge in [0.1, 0.15) is 0 Å². The van der Waals surface area contributed by atoms with Gasteiger partial charge in [-0.1, -0.05) is 0 Å². The van der Waals surface area contributed by atoms with Crippen LogP contribution < -0.4 is 0 Å². The fourth-order valence-corrected chi connectivity index (χ4v) is 0. The van der Waals surface area contributed by atoms with E-state index >= 15 is 0 Å². The van der Waals surface area contributed by atoms with Gasteiger partial charge in [-0.25, -0.2) is 0 Å². The quantitative estimate of drug-likeness (QED) is 0.347. The normalized spacial score (nSPS) is 5.00. The molecule has 0 unspecified atom stereocenters.